The van der Waals surface area contributed by atoms with E-state index in [1.807, 2.05) is 23.4 Å². The van der Waals surface area contributed by atoms with Crippen LogP contribution in [0.15, 0.2) is 42.7 Å². The fourth-order valence-corrected chi connectivity index (χ4v) is 14.2. The molecule has 0 spiro atoms. The summed E-state index contributed by atoms with van der Waals surface area (Å²) in [6, 6.07) is 10.8. The number of likely N-dealkylation sites (tertiary alicyclic amines) is 1. The second-order valence-electron chi connectivity index (χ2n) is 16.8. The van der Waals surface area contributed by atoms with E-state index in [1.54, 1.807) is 30.3 Å². The monoisotopic (exact) mass is 828 g/mol. The Kier molecular flexibility index (Phi) is 9.97. The maximum absolute atomic E-state index is 14.7. The van der Waals surface area contributed by atoms with Gasteiger partial charge in [-0.05, 0) is 18.6 Å². The molecular weight excluding hydrogens is 775 g/mol. The number of aliphatic hydroxyl groups is 1. The average molecular weight is 829 g/mol. The number of fused-ring (bicyclic) bond motifs is 3. The van der Waals surface area contributed by atoms with Crippen LogP contribution >= 0.6 is 31.6 Å². The summed E-state index contributed by atoms with van der Waals surface area (Å²) in [7, 11) is 1.73. The van der Waals surface area contributed by atoms with E-state index in [-0.39, 0.29) is 34.2 Å². The van der Waals surface area contributed by atoms with Crippen molar-refractivity contribution in [2.24, 2.45) is 11.3 Å². The Bertz CT molecular complexity index is 1750. The maximum atomic E-state index is 14.7. The molecule has 1 aromatic carbocycles. The topological polar surface area (TPSA) is 105 Å². The van der Waals surface area contributed by atoms with Crippen molar-refractivity contribution in [1.29, 1.82) is 0 Å². The van der Waals surface area contributed by atoms with Gasteiger partial charge in [0.1, 0.15) is 5.75 Å². The zero-order valence-corrected chi connectivity index (χ0v) is 33.9. The summed E-state index contributed by atoms with van der Waals surface area (Å²) in [5, 5.41) is 11.1. The Hall–Kier alpha value is -2.77. The molecule has 0 radical (unpaired) electrons. The molecule has 9 nitrogen and oxygen atoms in total. The van der Waals surface area contributed by atoms with Gasteiger partial charge in [-0.25, -0.2) is 0 Å². The van der Waals surface area contributed by atoms with Crippen LogP contribution in [-0.2, 0) is 18.7 Å². The number of alkyl halides is 2. The van der Waals surface area contributed by atoms with Gasteiger partial charge in [0.15, 0.2) is 0 Å². The van der Waals surface area contributed by atoms with E-state index in [0.29, 0.717) is 19.6 Å². The first kappa shape index (κ1) is 36.6. The number of halogens is 1. The van der Waals surface area contributed by atoms with E-state index in [1.165, 1.54) is 11.1 Å². The number of hydrogen-bond acceptors (Lipinski definition) is 8. The van der Waals surface area contributed by atoms with Crippen molar-refractivity contribution >= 4 is 49.4 Å². The molecule has 4 heterocycles. The van der Waals surface area contributed by atoms with Crippen LogP contribution in [0.25, 0.3) is 10.4 Å². The molecule has 3 saturated carbocycles. The van der Waals surface area contributed by atoms with Gasteiger partial charge in [0, 0.05) is 0 Å². The van der Waals surface area contributed by atoms with Gasteiger partial charge >= 0.3 is 259 Å². The van der Waals surface area contributed by atoms with Crippen LogP contribution in [0, 0.1) is 18.3 Å². The molecule has 2 amide bonds. The van der Waals surface area contributed by atoms with E-state index in [9.17, 15) is 14.7 Å². The number of pyridine rings is 1. The van der Waals surface area contributed by atoms with Gasteiger partial charge in [0.25, 0.3) is 0 Å². The second-order valence-corrected chi connectivity index (χ2v) is 22.8. The molecule has 1 N–H and O–H groups in total. The molecule has 3 aromatic rings. The predicted molar refractivity (Wildman–Crippen MR) is 211 cm³/mol. The van der Waals surface area contributed by atoms with Crippen LogP contribution in [-0.4, -0.2) is 73.2 Å². The van der Waals surface area contributed by atoms with E-state index in [4.69, 9.17) is 17.8 Å². The fraction of sp³-hybridized carbons (Fsp3) is 0.600. The Morgan fingerprint density at radius 2 is 1.73 bits per heavy atom. The van der Waals surface area contributed by atoms with Gasteiger partial charge in [-0.2, -0.15) is 0 Å². The summed E-state index contributed by atoms with van der Waals surface area (Å²) in [6.07, 6.45) is 11.6. The predicted octanol–water partition coefficient (Wildman–Crippen LogP) is 8.48. The van der Waals surface area contributed by atoms with Gasteiger partial charge in [0.2, 0.25) is 0 Å². The number of nitrogens with zero attached hydrogens (tertiary/aromatic N) is 4. The van der Waals surface area contributed by atoms with E-state index in [2.05, 4.69) is 52.0 Å². The summed E-state index contributed by atoms with van der Waals surface area (Å²) in [5.74, 6) is 1.70. The zero-order valence-electron chi connectivity index (χ0n) is 31.0. The van der Waals surface area contributed by atoms with Gasteiger partial charge in [-0.3, -0.25) is 0 Å². The molecule has 8 rings (SSSR count). The molecule has 2 aliphatic heterocycles. The number of β-amino-alcohol motifs (C(OH)–C–C–N with tert-alkyl or cyclic N) is 1. The molecule has 0 atom stereocenters. The minimum Gasteiger partial charge on any atom is -0.0361 e. The van der Waals surface area contributed by atoms with Crippen molar-refractivity contribution in [2.75, 3.05) is 40.5 Å². The molecule has 2 bridgehead atoms. The molecule has 2 aromatic heterocycles. The van der Waals surface area contributed by atoms with Crippen molar-refractivity contribution in [3.63, 3.8) is 0 Å². The number of carbonyl (C=O) groups is 2. The van der Waals surface area contributed by atoms with Crippen LogP contribution < -0.4 is 9.64 Å². The number of aromatic nitrogens is 2. The van der Waals surface area contributed by atoms with E-state index in [0.717, 1.165) is 87.2 Å². The minimum absolute atomic E-state index is 0.0345. The molecule has 0 unspecified atom stereocenters. The van der Waals surface area contributed by atoms with Crippen molar-refractivity contribution in [3.8, 4) is 16.2 Å². The van der Waals surface area contributed by atoms with Crippen molar-refractivity contribution in [2.45, 2.75) is 102 Å². The number of hydrogen-bond donors (Lipinski definition) is 1. The second kappa shape index (κ2) is 13.9. The van der Waals surface area contributed by atoms with Crippen LogP contribution in [0.4, 0.5) is 10.6 Å². The molecule has 5 fully saturated rings. The third-order valence-corrected chi connectivity index (χ3v) is 17.9. The first-order chi connectivity index (χ1) is 24.2. The average Bonchev–Trinajstić information content (AvgIpc) is 3.62. The SMILES string of the molecule is COc1ccc(C23CCC(CN(C(=O)C4CCI(OC(=O)N5CC(C)(O)C5)CC4)c4cc(-c5cnc(C(C)(C)C)s5)ccn4)(CC2)CC3)cc1C. The number of anilines is 1. The van der Waals surface area contributed by atoms with Crippen LogP contribution in [0.1, 0.15) is 95.2 Å². The number of amides is 2. The normalized spacial score (nSPS) is 25.3. The molecule has 3 aliphatic carbocycles. The Morgan fingerprint density at radius 1 is 1.04 bits per heavy atom. The summed E-state index contributed by atoms with van der Waals surface area (Å²) < 4.78 is 13.1. The first-order valence-corrected chi connectivity index (χ1v) is 23.1. The zero-order chi connectivity index (χ0) is 36.2. The van der Waals surface area contributed by atoms with Crippen molar-refractivity contribution in [3.05, 3.63) is 58.9 Å². The van der Waals surface area contributed by atoms with Crippen LogP contribution in [0.2, 0.25) is 0 Å². The van der Waals surface area contributed by atoms with Gasteiger partial charge < -0.3 is 4.74 Å². The molecular formula is C40H53IN4O5S. The molecule has 51 heavy (non-hydrogen) atoms. The molecule has 2 saturated heterocycles. The van der Waals surface area contributed by atoms with Gasteiger partial charge in [0.05, 0.1) is 7.11 Å². The summed E-state index contributed by atoms with van der Waals surface area (Å²) in [5.41, 5.74) is 3.05. The standard InChI is InChI=1S/C40H53IN4O5S/c1-27-21-30(7-8-31(27)49-6)40-15-12-39(13-16-40,14-17-40)26-45(33-22-29(11-20-42-33)32-23-43-35(51-32)37(2,3)4)34(46)28-9-18-41(19-10-28)50-36(47)44-24-38(5,48)25-44/h7-8,11,20-23,28,48H,9-10,12-19,24-26H2,1-6H3. The van der Waals surface area contributed by atoms with Crippen molar-refractivity contribution in [1.82, 2.24) is 14.9 Å². The van der Waals surface area contributed by atoms with E-state index >= 15 is 0 Å². The number of thiazole rings is 1. The summed E-state index contributed by atoms with van der Waals surface area (Å²) >= 11 is -0.275. The third-order valence-electron chi connectivity index (χ3n) is 11.8. The summed E-state index contributed by atoms with van der Waals surface area (Å²) in [6.45, 7) is 11.7. The van der Waals surface area contributed by atoms with Crippen LogP contribution in [0.5, 0.6) is 5.75 Å². The molecule has 11 heteroatoms. The Labute approximate surface area is 314 Å². The number of methoxy groups -OCH3 is 1. The van der Waals surface area contributed by atoms with Crippen molar-refractivity contribution < 1.29 is 22.5 Å². The smallest absolute Gasteiger partial charge is 0.0361 e. The van der Waals surface area contributed by atoms with Crippen LogP contribution in [0.3, 0.4) is 0 Å². The summed E-state index contributed by atoms with van der Waals surface area (Å²) in [4.78, 5) is 41.7. The number of benzene rings is 1. The number of rotatable bonds is 8. The number of aryl methyl sites for hydroxylation is 1. The minimum atomic E-state index is -1.98. The quantitative estimate of drug-likeness (QED) is 0.180. The Morgan fingerprint density at radius 3 is 2.31 bits per heavy atom. The molecule has 276 valence electrons. The van der Waals surface area contributed by atoms with E-state index < -0.39 is 25.8 Å². The Balaban J connectivity index is 1.10. The fourth-order valence-electron chi connectivity index (χ4n) is 8.56. The molecule has 5 aliphatic rings. The van der Waals surface area contributed by atoms with Gasteiger partial charge in [-0.15, -0.1) is 0 Å². The number of ether oxygens (including phenoxy) is 1. The first-order valence-electron chi connectivity index (χ1n) is 18.4. The number of carbonyl (C=O) groups excluding carboxylic acids is 2. The van der Waals surface area contributed by atoms with Gasteiger partial charge in [-0.1, -0.05) is 20.8 Å². The third kappa shape index (κ3) is 7.54.